The molecule has 2 rings (SSSR count). The van der Waals surface area contributed by atoms with Gasteiger partial charge in [-0.2, -0.15) is 0 Å². The van der Waals surface area contributed by atoms with Gasteiger partial charge in [0.05, 0.1) is 18.4 Å². The maximum Gasteiger partial charge on any atom is 0.335 e. The van der Waals surface area contributed by atoms with Gasteiger partial charge in [-0.15, -0.1) is 0 Å². The smallest absolute Gasteiger partial charge is 0.335 e. The van der Waals surface area contributed by atoms with E-state index in [2.05, 4.69) is 5.32 Å². The van der Waals surface area contributed by atoms with Crippen LogP contribution in [-0.4, -0.2) is 24.1 Å². The number of carbonyl (C=O) groups excluding carboxylic acids is 1. The Kier molecular flexibility index (Phi) is 4.18. The minimum absolute atomic E-state index is 0.0197. The Labute approximate surface area is 120 Å². The average molecular weight is 289 g/mol. The molecule has 0 atom stereocenters. The fourth-order valence-electron chi connectivity index (χ4n) is 1.72. The van der Waals surface area contributed by atoms with E-state index in [0.29, 0.717) is 5.75 Å². The highest BCUT2D eigenvalue weighted by Crippen LogP contribution is 2.21. The number of anilines is 1. The molecule has 2 N–H and O–H groups in total. The quantitative estimate of drug-likeness (QED) is 0.907. The number of ether oxygens (including phenoxy) is 1. The lowest BCUT2D eigenvalue weighted by atomic mass is 10.1. The first kappa shape index (κ1) is 14.5. The van der Waals surface area contributed by atoms with E-state index >= 15 is 0 Å². The maximum absolute atomic E-state index is 13.6. The van der Waals surface area contributed by atoms with E-state index < -0.39 is 17.7 Å². The Balaban J connectivity index is 2.25. The van der Waals surface area contributed by atoms with Gasteiger partial charge in [0.2, 0.25) is 0 Å². The third-order valence-electron chi connectivity index (χ3n) is 2.79. The standard InChI is InChI=1S/C15H12FNO4/c1-21-11-5-6-12(16)13(8-11)17-14(18)9-3-2-4-10(7-9)15(19)20/h2-8H,1H3,(H,17,18)(H,19,20). The SMILES string of the molecule is COc1ccc(F)c(NC(=O)c2cccc(C(=O)O)c2)c1. The number of carboxylic acids is 1. The number of hydrogen-bond donors (Lipinski definition) is 2. The summed E-state index contributed by atoms with van der Waals surface area (Å²) in [7, 11) is 1.43. The van der Waals surface area contributed by atoms with Crippen LogP contribution in [0.1, 0.15) is 20.7 Å². The van der Waals surface area contributed by atoms with E-state index in [1.54, 1.807) is 0 Å². The molecule has 0 bridgehead atoms. The number of carboxylic acid groups (broad SMARTS) is 1. The first-order valence-corrected chi connectivity index (χ1v) is 5.99. The molecule has 0 saturated carbocycles. The summed E-state index contributed by atoms with van der Waals surface area (Å²) in [6, 6.07) is 9.41. The summed E-state index contributed by atoms with van der Waals surface area (Å²) >= 11 is 0. The lowest BCUT2D eigenvalue weighted by molar-refractivity contribution is 0.0697. The predicted molar refractivity (Wildman–Crippen MR) is 74.3 cm³/mol. The van der Waals surface area contributed by atoms with Gasteiger partial charge in [-0.05, 0) is 30.3 Å². The van der Waals surface area contributed by atoms with Gasteiger partial charge in [0.25, 0.3) is 5.91 Å². The summed E-state index contributed by atoms with van der Waals surface area (Å²) in [6.45, 7) is 0. The maximum atomic E-state index is 13.6. The largest absolute Gasteiger partial charge is 0.497 e. The number of nitrogens with one attached hydrogen (secondary N) is 1. The van der Waals surface area contributed by atoms with Gasteiger partial charge in [0.1, 0.15) is 11.6 Å². The second-order valence-electron chi connectivity index (χ2n) is 4.19. The van der Waals surface area contributed by atoms with Crippen molar-refractivity contribution in [1.82, 2.24) is 0 Å². The van der Waals surface area contributed by atoms with E-state index in [0.717, 1.165) is 0 Å². The van der Waals surface area contributed by atoms with Gasteiger partial charge >= 0.3 is 5.97 Å². The van der Waals surface area contributed by atoms with Gasteiger partial charge in [-0.1, -0.05) is 6.07 Å². The summed E-state index contributed by atoms with van der Waals surface area (Å²) in [4.78, 5) is 22.9. The van der Waals surface area contributed by atoms with Gasteiger partial charge in [-0.25, -0.2) is 9.18 Å². The van der Waals surface area contributed by atoms with Crippen molar-refractivity contribution in [1.29, 1.82) is 0 Å². The lowest BCUT2D eigenvalue weighted by Crippen LogP contribution is -2.14. The van der Waals surface area contributed by atoms with E-state index in [9.17, 15) is 14.0 Å². The molecule has 0 spiro atoms. The molecule has 2 aromatic carbocycles. The minimum Gasteiger partial charge on any atom is -0.497 e. The molecule has 1 amide bonds. The zero-order valence-electron chi connectivity index (χ0n) is 11.1. The Bertz CT molecular complexity index is 700. The minimum atomic E-state index is -1.14. The molecule has 0 unspecified atom stereocenters. The van der Waals surface area contributed by atoms with Crippen molar-refractivity contribution in [3.63, 3.8) is 0 Å². The first-order chi connectivity index (χ1) is 10.0. The van der Waals surface area contributed by atoms with Crippen LogP contribution < -0.4 is 10.1 Å². The Morgan fingerprint density at radius 1 is 1.14 bits per heavy atom. The third kappa shape index (κ3) is 3.36. The van der Waals surface area contributed by atoms with Crippen molar-refractivity contribution in [2.75, 3.05) is 12.4 Å². The zero-order chi connectivity index (χ0) is 15.4. The van der Waals surface area contributed by atoms with Crippen LogP contribution in [0.3, 0.4) is 0 Å². The highest BCUT2D eigenvalue weighted by atomic mass is 19.1. The Morgan fingerprint density at radius 3 is 2.52 bits per heavy atom. The molecule has 0 aromatic heterocycles. The highest BCUT2D eigenvalue weighted by Gasteiger charge is 2.12. The van der Waals surface area contributed by atoms with Crippen molar-refractivity contribution in [2.24, 2.45) is 0 Å². The summed E-state index contributed by atoms with van der Waals surface area (Å²) in [5.74, 6) is -1.97. The molecule has 0 aliphatic heterocycles. The molecule has 6 heteroatoms. The van der Waals surface area contributed by atoms with E-state index in [4.69, 9.17) is 9.84 Å². The van der Waals surface area contributed by atoms with Gasteiger partial charge in [0.15, 0.2) is 0 Å². The van der Waals surface area contributed by atoms with E-state index in [-0.39, 0.29) is 16.8 Å². The fraction of sp³-hybridized carbons (Fsp3) is 0.0667. The molecule has 2 aromatic rings. The zero-order valence-corrected chi connectivity index (χ0v) is 11.1. The van der Waals surface area contributed by atoms with E-state index in [1.807, 2.05) is 0 Å². The third-order valence-corrected chi connectivity index (χ3v) is 2.79. The molecule has 108 valence electrons. The number of methoxy groups -OCH3 is 1. The number of hydrogen-bond acceptors (Lipinski definition) is 3. The lowest BCUT2D eigenvalue weighted by Gasteiger charge is -2.08. The van der Waals surface area contributed by atoms with Crippen LogP contribution in [0, 0.1) is 5.82 Å². The molecule has 5 nitrogen and oxygen atoms in total. The van der Waals surface area contributed by atoms with Crippen LogP contribution in [0.2, 0.25) is 0 Å². The van der Waals surface area contributed by atoms with Crippen molar-refractivity contribution >= 4 is 17.6 Å². The number of amides is 1. The number of benzene rings is 2. The molecule has 0 aliphatic rings. The topological polar surface area (TPSA) is 75.6 Å². The second kappa shape index (κ2) is 6.04. The van der Waals surface area contributed by atoms with Crippen LogP contribution in [0.25, 0.3) is 0 Å². The summed E-state index contributed by atoms with van der Waals surface area (Å²) in [6.07, 6.45) is 0. The second-order valence-corrected chi connectivity index (χ2v) is 4.19. The van der Waals surface area contributed by atoms with Crippen molar-refractivity contribution in [2.45, 2.75) is 0 Å². The number of rotatable bonds is 4. The van der Waals surface area contributed by atoms with Crippen LogP contribution >= 0.6 is 0 Å². The van der Waals surface area contributed by atoms with Crippen LogP contribution in [0.4, 0.5) is 10.1 Å². The molecule has 0 radical (unpaired) electrons. The van der Waals surface area contributed by atoms with Crippen molar-refractivity contribution < 1.29 is 23.8 Å². The Morgan fingerprint density at radius 2 is 1.86 bits per heavy atom. The predicted octanol–water partition coefficient (Wildman–Crippen LogP) is 2.78. The van der Waals surface area contributed by atoms with Crippen molar-refractivity contribution in [3.8, 4) is 5.75 Å². The molecule has 0 saturated heterocycles. The molecule has 0 heterocycles. The van der Waals surface area contributed by atoms with Gasteiger partial charge in [0, 0.05) is 11.6 Å². The van der Waals surface area contributed by atoms with Crippen molar-refractivity contribution in [3.05, 3.63) is 59.4 Å². The summed E-state index contributed by atoms with van der Waals surface area (Å²) in [5, 5.41) is 11.3. The summed E-state index contributed by atoms with van der Waals surface area (Å²) in [5.41, 5.74) is 0.0611. The van der Waals surface area contributed by atoms with Crippen LogP contribution in [0.15, 0.2) is 42.5 Å². The molecular weight excluding hydrogens is 277 g/mol. The van der Waals surface area contributed by atoms with Crippen LogP contribution in [0.5, 0.6) is 5.75 Å². The molecule has 0 fully saturated rings. The highest BCUT2D eigenvalue weighted by molar-refractivity contribution is 6.05. The van der Waals surface area contributed by atoms with E-state index in [1.165, 1.54) is 49.6 Å². The molecular formula is C15H12FNO4. The molecule has 0 aliphatic carbocycles. The first-order valence-electron chi connectivity index (χ1n) is 5.99. The van der Waals surface area contributed by atoms with Gasteiger partial charge in [-0.3, -0.25) is 4.79 Å². The molecule has 21 heavy (non-hydrogen) atoms. The summed E-state index contributed by atoms with van der Waals surface area (Å²) < 4.78 is 18.6. The number of aromatic carboxylic acids is 1. The normalized spacial score (nSPS) is 10.0. The monoisotopic (exact) mass is 289 g/mol. The van der Waals surface area contributed by atoms with Gasteiger partial charge < -0.3 is 15.2 Å². The number of carbonyl (C=O) groups is 2. The number of halogens is 1. The fourth-order valence-corrected chi connectivity index (χ4v) is 1.72. The Hall–Kier alpha value is -2.89. The average Bonchev–Trinajstić information content (AvgIpc) is 2.49. The van der Waals surface area contributed by atoms with Crippen LogP contribution in [-0.2, 0) is 0 Å².